The van der Waals surface area contributed by atoms with Crippen LogP contribution in [0.15, 0.2) is 91.0 Å². The number of aromatic nitrogens is 2. The molecule has 5 aromatic rings. The SMILES string of the molecule is COc1ccc(-c2nc3ccc(C(=O)OC(C)C(=O)Nc4ccc(F)cc4)cc3nc2-c2ccc(OC)cc2)cc1. The van der Waals surface area contributed by atoms with E-state index in [0.717, 1.165) is 16.9 Å². The van der Waals surface area contributed by atoms with E-state index in [2.05, 4.69) is 5.32 Å². The van der Waals surface area contributed by atoms with E-state index in [9.17, 15) is 14.0 Å². The van der Waals surface area contributed by atoms with Crippen LogP contribution in [0.3, 0.4) is 0 Å². The van der Waals surface area contributed by atoms with Gasteiger partial charge in [-0.2, -0.15) is 0 Å². The third-order valence-electron chi connectivity index (χ3n) is 6.39. The highest BCUT2D eigenvalue weighted by molar-refractivity contribution is 5.99. The van der Waals surface area contributed by atoms with Crippen molar-refractivity contribution in [3.8, 4) is 34.0 Å². The topological polar surface area (TPSA) is 99.6 Å². The molecule has 1 amide bonds. The lowest BCUT2D eigenvalue weighted by molar-refractivity contribution is -0.123. The Labute approximate surface area is 235 Å². The zero-order chi connectivity index (χ0) is 28.9. The number of hydrogen-bond donors (Lipinski definition) is 1. The highest BCUT2D eigenvalue weighted by Gasteiger charge is 2.21. The molecule has 9 heteroatoms. The minimum Gasteiger partial charge on any atom is -0.497 e. The van der Waals surface area contributed by atoms with E-state index in [1.807, 2.05) is 48.5 Å². The van der Waals surface area contributed by atoms with Gasteiger partial charge < -0.3 is 19.5 Å². The summed E-state index contributed by atoms with van der Waals surface area (Å²) in [6, 6.07) is 25.1. The van der Waals surface area contributed by atoms with Crippen LogP contribution in [-0.2, 0) is 9.53 Å². The van der Waals surface area contributed by atoms with Gasteiger partial charge in [0.15, 0.2) is 6.10 Å². The Balaban J connectivity index is 1.45. The molecular formula is C32H26FN3O5. The zero-order valence-electron chi connectivity index (χ0n) is 22.6. The molecule has 0 fully saturated rings. The molecule has 1 N–H and O–H groups in total. The number of carbonyl (C=O) groups is 2. The maximum absolute atomic E-state index is 13.1. The number of benzene rings is 4. The first-order chi connectivity index (χ1) is 19.8. The molecule has 0 aliphatic rings. The number of methoxy groups -OCH3 is 2. The van der Waals surface area contributed by atoms with Crippen LogP contribution in [0, 0.1) is 5.82 Å². The van der Waals surface area contributed by atoms with E-state index in [1.165, 1.54) is 31.2 Å². The molecular weight excluding hydrogens is 525 g/mol. The van der Waals surface area contributed by atoms with Crippen molar-refractivity contribution in [2.75, 3.05) is 19.5 Å². The molecule has 1 aromatic heterocycles. The third kappa shape index (κ3) is 6.14. The summed E-state index contributed by atoms with van der Waals surface area (Å²) in [6.07, 6.45) is -1.10. The summed E-state index contributed by atoms with van der Waals surface area (Å²) in [4.78, 5) is 35.2. The molecule has 1 atom stereocenters. The van der Waals surface area contributed by atoms with Gasteiger partial charge in [-0.15, -0.1) is 0 Å². The molecule has 0 saturated carbocycles. The number of rotatable bonds is 8. The maximum atomic E-state index is 13.1. The minimum absolute atomic E-state index is 0.214. The average Bonchev–Trinajstić information content (AvgIpc) is 3.01. The molecule has 5 rings (SSSR count). The average molecular weight is 552 g/mol. The van der Waals surface area contributed by atoms with Crippen molar-refractivity contribution in [3.63, 3.8) is 0 Å². The van der Waals surface area contributed by atoms with E-state index in [4.69, 9.17) is 24.2 Å². The summed E-state index contributed by atoms with van der Waals surface area (Å²) in [6.45, 7) is 1.46. The predicted octanol–water partition coefficient (Wildman–Crippen LogP) is 6.30. The number of hydrogen-bond acceptors (Lipinski definition) is 7. The van der Waals surface area contributed by atoms with Crippen LogP contribution in [0.1, 0.15) is 17.3 Å². The maximum Gasteiger partial charge on any atom is 0.338 e. The first-order valence-electron chi connectivity index (χ1n) is 12.7. The molecule has 206 valence electrons. The van der Waals surface area contributed by atoms with E-state index < -0.39 is 23.8 Å². The number of nitrogens with one attached hydrogen (secondary N) is 1. The van der Waals surface area contributed by atoms with Crippen LogP contribution in [0.5, 0.6) is 11.5 Å². The second kappa shape index (κ2) is 11.8. The Morgan fingerprint density at radius 3 is 1.80 bits per heavy atom. The lowest BCUT2D eigenvalue weighted by Gasteiger charge is -2.14. The van der Waals surface area contributed by atoms with Crippen molar-refractivity contribution in [1.29, 1.82) is 0 Å². The lowest BCUT2D eigenvalue weighted by atomic mass is 10.0. The number of halogens is 1. The predicted molar refractivity (Wildman–Crippen MR) is 153 cm³/mol. The normalized spacial score (nSPS) is 11.5. The molecule has 0 aliphatic heterocycles. The largest absolute Gasteiger partial charge is 0.497 e. The minimum atomic E-state index is -1.10. The van der Waals surface area contributed by atoms with Crippen molar-refractivity contribution in [1.82, 2.24) is 9.97 Å². The number of fused-ring (bicyclic) bond motifs is 1. The summed E-state index contributed by atoms with van der Waals surface area (Å²) in [5.74, 6) is -0.237. The smallest absolute Gasteiger partial charge is 0.338 e. The molecule has 0 saturated heterocycles. The van der Waals surface area contributed by atoms with Crippen LogP contribution in [0.4, 0.5) is 10.1 Å². The Morgan fingerprint density at radius 1 is 0.732 bits per heavy atom. The van der Waals surface area contributed by atoms with Crippen LogP contribution >= 0.6 is 0 Å². The Kier molecular flexibility index (Phi) is 7.87. The fourth-order valence-electron chi connectivity index (χ4n) is 4.14. The highest BCUT2D eigenvalue weighted by atomic mass is 19.1. The number of esters is 1. The molecule has 0 spiro atoms. The zero-order valence-corrected chi connectivity index (χ0v) is 22.6. The molecule has 0 bridgehead atoms. The van der Waals surface area contributed by atoms with Gasteiger partial charge in [0, 0.05) is 16.8 Å². The van der Waals surface area contributed by atoms with Gasteiger partial charge in [-0.05, 0) is 97.9 Å². The monoisotopic (exact) mass is 551 g/mol. The number of amides is 1. The van der Waals surface area contributed by atoms with Gasteiger partial charge in [-0.25, -0.2) is 19.2 Å². The van der Waals surface area contributed by atoms with Crippen molar-refractivity contribution in [3.05, 3.63) is 102 Å². The molecule has 4 aromatic carbocycles. The van der Waals surface area contributed by atoms with Crippen LogP contribution in [-0.4, -0.2) is 42.2 Å². The van der Waals surface area contributed by atoms with Crippen molar-refractivity contribution < 1.29 is 28.2 Å². The standard InChI is InChI=1S/C32H26FN3O5/c1-19(31(37)34-24-11-9-23(33)10-12-24)41-32(38)22-8-17-27-28(18-22)36-30(21-6-15-26(40-3)16-7-21)29(35-27)20-4-13-25(39-2)14-5-20/h4-19H,1-3H3,(H,34,37). The number of ether oxygens (including phenoxy) is 3. The Bertz CT molecular complexity index is 1710. The quantitative estimate of drug-likeness (QED) is 0.226. The molecule has 41 heavy (non-hydrogen) atoms. The van der Waals surface area contributed by atoms with Crippen LogP contribution in [0.2, 0.25) is 0 Å². The summed E-state index contributed by atoms with van der Waals surface area (Å²) in [5.41, 5.74) is 4.58. The van der Waals surface area contributed by atoms with Crippen molar-refractivity contribution in [2.45, 2.75) is 13.0 Å². The summed E-state index contributed by atoms with van der Waals surface area (Å²) in [7, 11) is 3.20. The van der Waals surface area contributed by atoms with E-state index in [1.54, 1.807) is 32.4 Å². The van der Waals surface area contributed by atoms with Gasteiger partial charge in [-0.3, -0.25) is 4.79 Å². The van der Waals surface area contributed by atoms with Crippen LogP contribution in [0.25, 0.3) is 33.5 Å². The lowest BCUT2D eigenvalue weighted by Crippen LogP contribution is -2.30. The summed E-state index contributed by atoms with van der Waals surface area (Å²) < 4.78 is 29.1. The molecule has 1 unspecified atom stereocenters. The van der Waals surface area contributed by atoms with Crippen LogP contribution < -0.4 is 14.8 Å². The third-order valence-corrected chi connectivity index (χ3v) is 6.39. The molecule has 8 nitrogen and oxygen atoms in total. The van der Waals surface area contributed by atoms with Gasteiger partial charge >= 0.3 is 5.97 Å². The van der Waals surface area contributed by atoms with Gasteiger partial charge in [0.25, 0.3) is 5.91 Å². The number of nitrogens with zero attached hydrogens (tertiary/aromatic N) is 2. The van der Waals surface area contributed by atoms with E-state index in [0.29, 0.717) is 33.9 Å². The summed E-state index contributed by atoms with van der Waals surface area (Å²) >= 11 is 0. The Hall–Kier alpha value is -5.31. The first-order valence-corrected chi connectivity index (χ1v) is 12.7. The second-order valence-electron chi connectivity index (χ2n) is 9.12. The van der Waals surface area contributed by atoms with E-state index in [-0.39, 0.29) is 5.56 Å². The van der Waals surface area contributed by atoms with Gasteiger partial charge in [-0.1, -0.05) is 0 Å². The fourth-order valence-corrected chi connectivity index (χ4v) is 4.14. The first kappa shape index (κ1) is 27.3. The number of carbonyl (C=O) groups excluding carboxylic acids is 2. The summed E-state index contributed by atoms with van der Waals surface area (Å²) in [5, 5.41) is 2.60. The van der Waals surface area contributed by atoms with Crippen molar-refractivity contribution in [2.24, 2.45) is 0 Å². The van der Waals surface area contributed by atoms with Gasteiger partial charge in [0.1, 0.15) is 17.3 Å². The fraction of sp³-hybridized carbons (Fsp3) is 0.125. The molecule has 1 heterocycles. The molecule has 0 radical (unpaired) electrons. The van der Waals surface area contributed by atoms with Gasteiger partial charge in [0.2, 0.25) is 0 Å². The molecule has 0 aliphatic carbocycles. The van der Waals surface area contributed by atoms with Crippen molar-refractivity contribution >= 4 is 28.6 Å². The van der Waals surface area contributed by atoms with E-state index >= 15 is 0 Å². The second-order valence-corrected chi connectivity index (χ2v) is 9.12. The van der Waals surface area contributed by atoms with Gasteiger partial charge in [0.05, 0.1) is 42.2 Å². The highest BCUT2D eigenvalue weighted by Crippen LogP contribution is 2.33. The number of anilines is 1. The Morgan fingerprint density at radius 2 is 1.27 bits per heavy atom.